The number of carbonyl (C=O) groups is 4. The number of nitrogens with zero attached hydrogens (tertiary/aromatic N) is 7. The minimum absolute atomic E-state index is 0.0330. The lowest BCUT2D eigenvalue weighted by Gasteiger charge is -2.49. The number of phenols is 1. The number of aromatic nitrogens is 7. The molecule has 0 aliphatic carbocycles. The number of carboxylic acids is 1. The van der Waals surface area contributed by atoms with Gasteiger partial charge in [-0.15, -0.1) is 16.9 Å². The summed E-state index contributed by atoms with van der Waals surface area (Å²) in [7, 11) is 1.54. The van der Waals surface area contributed by atoms with Crippen molar-refractivity contribution >= 4 is 63.6 Å². The zero-order chi connectivity index (χ0) is 32.0. The largest absolute Gasteiger partial charge is 0.508 e. The maximum atomic E-state index is 13.6. The standard InChI is InChI=1S/C26H20N10O7S2/c1-35-21(32-33-34-35)20(44)13-8-45-25-17(24(41)36(25)18(13)26(42)43)31-23(40)15(10-2-4-11(37)5-3-10)30-22(39)12-6-28-14-7-27-9-29-16(14)19(12)38/h2-7,9,15,17,25,37H,8H2,1H3,(H,28,38)(H,30,39)(H,31,40)(H,42,43)/t15?,17?,25-/m0/s1. The van der Waals surface area contributed by atoms with Gasteiger partial charge in [0.2, 0.25) is 11.3 Å². The van der Waals surface area contributed by atoms with Crippen LogP contribution in [0.2, 0.25) is 0 Å². The number of hydrogen-bond acceptors (Lipinski definition) is 13. The van der Waals surface area contributed by atoms with Crippen LogP contribution in [-0.2, 0) is 21.4 Å². The number of H-pyrrole nitrogens is 1. The third-order valence-electron chi connectivity index (χ3n) is 7.12. The van der Waals surface area contributed by atoms with Crippen molar-refractivity contribution in [2.75, 3.05) is 5.75 Å². The van der Waals surface area contributed by atoms with Crippen molar-refractivity contribution in [3.05, 3.63) is 81.4 Å². The van der Waals surface area contributed by atoms with Gasteiger partial charge in [0.25, 0.3) is 11.8 Å². The van der Waals surface area contributed by atoms with E-state index in [1.54, 1.807) is 0 Å². The number of pyridine rings is 1. The van der Waals surface area contributed by atoms with Gasteiger partial charge in [-0.1, -0.05) is 24.4 Å². The zero-order valence-corrected chi connectivity index (χ0v) is 24.5. The number of hydrogen-bond donors (Lipinski definition) is 5. The lowest BCUT2D eigenvalue weighted by Crippen LogP contribution is -2.71. The number of phenolic OH excluding ortho intramolecular Hbond substituents is 1. The van der Waals surface area contributed by atoms with Gasteiger partial charge < -0.3 is 25.8 Å². The summed E-state index contributed by atoms with van der Waals surface area (Å²) in [5.41, 5.74) is -0.694. The van der Waals surface area contributed by atoms with Gasteiger partial charge in [0, 0.05) is 24.6 Å². The molecule has 1 saturated heterocycles. The number of benzene rings is 1. The number of thioether (sulfide) groups is 1. The molecule has 5 N–H and O–H groups in total. The molecule has 17 nitrogen and oxygen atoms in total. The van der Waals surface area contributed by atoms with Crippen molar-refractivity contribution in [1.82, 2.24) is 50.7 Å². The Kier molecular flexibility index (Phi) is 7.54. The first-order valence-corrected chi connectivity index (χ1v) is 14.4. The maximum Gasteiger partial charge on any atom is 0.353 e. The molecule has 0 radical (unpaired) electrons. The van der Waals surface area contributed by atoms with Gasteiger partial charge >= 0.3 is 5.97 Å². The fraction of sp³-hybridized carbons (Fsp3) is 0.192. The topological polar surface area (TPSA) is 238 Å². The number of aromatic hydroxyl groups is 1. The van der Waals surface area contributed by atoms with Gasteiger partial charge in [-0.2, -0.15) is 0 Å². The molecule has 2 unspecified atom stereocenters. The summed E-state index contributed by atoms with van der Waals surface area (Å²) in [5, 5.41) is 35.2. The molecule has 19 heteroatoms. The van der Waals surface area contributed by atoms with E-state index in [2.05, 4.69) is 41.1 Å². The molecule has 5 heterocycles. The monoisotopic (exact) mass is 648 g/mol. The molecule has 3 atom stereocenters. The minimum atomic E-state index is -1.42. The molecule has 0 bridgehead atoms. The summed E-state index contributed by atoms with van der Waals surface area (Å²) in [6.07, 6.45) is 3.69. The first-order valence-electron chi connectivity index (χ1n) is 13.0. The van der Waals surface area contributed by atoms with Gasteiger partial charge in [-0.05, 0) is 28.1 Å². The second kappa shape index (κ2) is 11.5. The van der Waals surface area contributed by atoms with Crippen molar-refractivity contribution in [2.24, 2.45) is 7.05 Å². The van der Waals surface area contributed by atoms with Gasteiger partial charge in [-0.3, -0.25) is 24.1 Å². The van der Waals surface area contributed by atoms with Crippen molar-refractivity contribution in [1.29, 1.82) is 0 Å². The van der Waals surface area contributed by atoms with Crippen LogP contribution in [-0.4, -0.2) is 96.0 Å². The molecular weight excluding hydrogens is 628 g/mol. The molecule has 228 valence electrons. The fourth-order valence-electron chi connectivity index (χ4n) is 4.89. The molecule has 2 aliphatic heterocycles. The number of aryl methyl sites for hydroxylation is 1. The number of β-lactam (4-membered cyclic amide) rings is 1. The minimum Gasteiger partial charge on any atom is -0.508 e. The average Bonchev–Trinajstić information content (AvgIpc) is 3.47. The highest BCUT2D eigenvalue weighted by Gasteiger charge is 2.55. The number of aromatic amines is 1. The van der Waals surface area contributed by atoms with Crippen molar-refractivity contribution in [3.8, 4) is 5.75 Å². The molecule has 6 rings (SSSR count). The summed E-state index contributed by atoms with van der Waals surface area (Å²) >= 11 is 6.63. The molecule has 4 aromatic rings. The Hall–Kier alpha value is -5.56. The number of thiocarbonyl (C=S) groups is 1. The summed E-state index contributed by atoms with van der Waals surface area (Å²) in [6.45, 7) is 0. The van der Waals surface area contributed by atoms with Gasteiger partial charge in [0.15, 0.2) is 5.82 Å². The van der Waals surface area contributed by atoms with Crippen molar-refractivity contribution < 1.29 is 29.4 Å². The number of carbonyl (C=O) groups excluding carboxylic acids is 3. The molecule has 1 aromatic carbocycles. The summed E-state index contributed by atoms with van der Waals surface area (Å²) < 4.78 is 1.28. The third kappa shape index (κ3) is 5.16. The Labute approximate surface area is 260 Å². The Morgan fingerprint density at radius 3 is 2.64 bits per heavy atom. The van der Waals surface area contributed by atoms with E-state index in [1.165, 1.54) is 60.2 Å². The lowest BCUT2D eigenvalue weighted by atomic mass is 9.99. The Bertz CT molecular complexity index is 2010. The number of fused-ring (bicyclic) bond motifs is 2. The molecule has 0 saturated carbocycles. The van der Waals surface area contributed by atoms with Crippen LogP contribution < -0.4 is 16.1 Å². The van der Waals surface area contributed by atoms with Crippen molar-refractivity contribution in [2.45, 2.75) is 17.5 Å². The first kappa shape index (κ1) is 29.5. The SMILES string of the molecule is Cn1nnnc1C(=S)C1=C(C(=O)O)N2C(=O)C(NC(=O)C(NC(=O)c3c[nH]c4cncnc4c3=O)c3ccc(O)cc3)[C@@H]2SC1. The number of amides is 3. The molecule has 1 fully saturated rings. The predicted octanol–water partition coefficient (Wildman–Crippen LogP) is -0.825. The van der Waals surface area contributed by atoms with Crippen LogP contribution in [0.15, 0.2) is 59.1 Å². The van der Waals surface area contributed by atoms with Crippen LogP contribution in [0.3, 0.4) is 0 Å². The normalized spacial score (nSPS) is 18.2. The van der Waals surface area contributed by atoms with E-state index in [4.69, 9.17) is 12.2 Å². The van der Waals surface area contributed by atoms with Crippen LogP contribution in [0.25, 0.3) is 11.0 Å². The van der Waals surface area contributed by atoms with E-state index < -0.39 is 46.6 Å². The zero-order valence-electron chi connectivity index (χ0n) is 22.9. The lowest BCUT2D eigenvalue weighted by molar-refractivity contribution is -0.150. The smallest absolute Gasteiger partial charge is 0.353 e. The Balaban J connectivity index is 1.26. The van der Waals surface area contributed by atoms with E-state index in [0.717, 1.165) is 11.2 Å². The van der Waals surface area contributed by atoms with Gasteiger partial charge in [0.1, 0.15) is 46.3 Å². The number of carboxylic acid groups (broad SMARTS) is 1. The van der Waals surface area contributed by atoms with Crippen LogP contribution in [0, 0.1) is 0 Å². The second-order valence-corrected chi connectivity index (χ2v) is 11.3. The number of aliphatic carboxylic acids is 1. The molecule has 2 aliphatic rings. The average molecular weight is 649 g/mol. The van der Waals surface area contributed by atoms with E-state index >= 15 is 0 Å². The second-order valence-electron chi connectivity index (χ2n) is 9.80. The fourth-order valence-corrected chi connectivity index (χ4v) is 6.68. The third-order valence-corrected chi connectivity index (χ3v) is 8.83. The van der Waals surface area contributed by atoms with Crippen LogP contribution in [0.5, 0.6) is 5.75 Å². The van der Waals surface area contributed by atoms with E-state index in [1.807, 2.05) is 0 Å². The number of tetrazole rings is 1. The maximum absolute atomic E-state index is 13.6. The van der Waals surface area contributed by atoms with Crippen molar-refractivity contribution in [3.63, 3.8) is 0 Å². The predicted molar refractivity (Wildman–Crippen MR) is 159 cm³/mol. The summed E-state index contributed by atoms with van der Waals surface area (Å²) in [4.78, 5) is 77.1. The summed E-state index contributed by atoms with van der Waals surface area (Å²) in [5.74, 6) is -3.70. The van der Waals surface area contributed by atoms with Crippen LogP contribution in [0.1, 0.15) is 27.8 Å². The Morgan fingerprint density at radius 1 is 1.20 bits per heavy atom. The molecule has 3 amide bonds. The highest BCUT2D eigenvalue weighted by Crippen LogP contribution is 2.41. The highest BCUT2D eigenvalue weighted by molar-refractivity contribution is 8.00. The molecule has 45 heavy (non-hydrogen) atoms. The van der Waals surface area contributed by atoms with E-state index in [9.17, 15) is 34.2 Å². The highest BCUT2D eigenvalue weighted by atomic mass is 32.2. The van der Waals surface area contributed by atoms with Crippen LogP contribution in [0.4, 0.5) is 0 Å². The number of nitrogens with one attached hydrogen (secondary N) is 3. The molecule has 0 spiro atoms. The first-order chi connectivity index (χ1) is 21.6. The molecular formula is C26H20N10O7S2. The van der Waals surface area contributed by atoms with E-state index in [0.29, 0.717) is 5.52 Å². The quantitative estimate of drug-likeness (QED) is 0.0891. The number of rotatable bonds is 8. The van der Waals surface area contributed by atoms with Gasteiger partial charge in [-0.25, -0.2) is 19.4 Å². The van der Waals surface area contributed by atoms with Crippen LogP contribution >= 0.6 is 24.0 Å². The van der Waals surface area contributed by atoms with Gasteiger partial charge in [0.05, 0.1) is 16.6 Å². The summed E-state index contributed by atoms with van der Waals surface area (Å²) in [6, 6.07) is 2.81. The molecule has 3 aromatic heterocycles. The Morgan fingerprint density at radius 2 is 1.96 bits per heavy atom. The van der Waals surface area contributed by atoms with E-state index in [-0.39, 0.29) is 50.1 Å².